The van der Waals surface area contributed by atoms with Gasteiger partial charge in [0, 0.05) is 28.8 Å². The highest BCUT2D eigenvalue weighted by Crippen LogP contribution is 2.56. The predicted octanol–water partition coefficient (Wildman–Crippen LogP) is 2.13. The lowest BCUT2D eigenvalue weighted by atomic mass is 9.73. The molecule has 2 heterocycles. The molecule has 6 rings (SSSR count). The Hall–Kier alpha value is -4.03. The van der Waals surface area contributed by atoms with Gasteiger partial charge in [0.25, 0.3) is 0 Å². The van der Waals surface area contributed by atoms with Crippen LogP contribution in [0.2, 0.25) is 0 Å². The summed E-state index contributed by atoms with van der Waals surface area (Å²) in [6, 6.07) is 4.82. The molecule has 1 fully saturated rings. The Morgan fingerprint density at radius 1 is 0.976 bits per heavy atom. The molecule has 1 aliphatic carbocycles. The van der Waals surface area contributed by atoms with Gasteiger partial charge in [0.15, 0.2) is 5.78 Å². The SMILES string of the molecule is COC(=O)c1c(C)ccc2c(O)c3c(cc12)C(=O)c1c2c(cc(O)c1C3=O)C1(C)OC(C)(O2)C(O)C(N(C)C)C1O. The lowest BCUT2D eigenvalue weighted by Crippen LogP contribution is -2.73. The van der Waals surface area contributed by atoms with Crippen molar-refractivity contribution in [1.82, 2.24) is 4.90 Å². The smallest absolute Gasteiger partial charge is 0.338 e. The van der Waals surface area contributed by atoms with E-state index in [0.717, 1.165) is 0 Å². The van der Waals surface area contributed by atoms with Gasteiger partial charge < -0.3 is 39.5 Å². The van der Waals surface area contributed by atoms with Gasteiger partial charge in [-0.05, 0) is 45.6 Å². The van der Waals surface area contributed by atoms with Crippen molar-refractivity contribution < 1.29 is 49.0 Å². The summed E-state index contributed by atoms with van der Waals surface area (Å²) < 4.78 is 17.2. The molecule has 3 aromatic carbocycles. The van der Waals surface area contributed by atoms with Crippen molar-refractivity contribution in [3.63, 3.8) is 0 Å². The Bertz CT molecular complexity index is 1730. The molecule has 0 radical (unpaired) electrons. The van der Waals surface area contributed by atoms with Crippen molar-refractivity contribution >= 4 is 28.3 Å². The summed E-state index contributed by atoms with van der Waals surface area (Å²) in [5.74, 6) is -5.27. The molecule has 0 amide bonds. The van der Waals surface area contributed by atoms with Crippen molar-refractivity contribution in [3.8, 4) is 17.2 Å². The van der Waals surface area contributed by atoms with E-state index in [2.05, 4.69) is 0 Å². The van der Waals surface area contributed by atoms with E-state index in [0.29, 0.717) is 5.56 Å². The number of aromatic hydroxyl groups is 2. The van der Waals surface area contributed by atoms with Crippen LogP contribution in [0.4, 0.5) is 0 Å². The van der Waals surface area contributed by atoms with Crippen molar-refractivity contribution in [3.05, 3.63) is 63.2 Å². The highest BCUT2D eigenvalue weighted by molar-refractivity contribution is 6.33. The fourth-order valence-corrected chi connectivity index (χ4v) is 6.59. The van der Waals surface area contributed by atoms with Crippen LogP contribution >= 0.6 is 0 Å². The van der Waals surface area contributed by atoms with E-state index in [4.69, 9.17) is 14.2 Å². The van der Waals surface area contributed by atoms with E-state index in [1.165, 1.54) is 32.2 Å². The van der Waals surface area contributed by atoms with Crippen LogP contribution in [-0.4, -0.2) is 88.1 Å². The van der Waals surface area contributed by atoms with Crippen LogP contribution in [0.15, 0.2) is 24.3 Å². The molecule has 0 aromatic heterocycles. The second kappa shape index (κ2) is 8.49. The van der Waals surface area contributed by atoms with E-state index < -0.39 is 64.2 Å². The molecular formula is C30H29NO10. The Morgan fingerprint density at radius 3 is 2.29 bits per heavy atom. The molecule has 5 unspecified atom stereocenters. The first-order valence-electron chi connectivity index (χ1n) is 13.0. The molecule has 11 nitrogen and oxygen atoms in total. The number of phenols is 2. The quantitative estimate of drug-likeness (QED) is 0.264. The van der Waals surface area contributed by atoms with Crippen molar-refractivity contribution in [2.45, 2.75) is 50.4 Å². The third-order valence-corrected chi connectivity index (χ3v) is 8.68. The van der Waals surface area contributed by atoms with E-state index in [9.17, 15) is 34.8 Å². The number of fused-ring (bicyclic) bond motifs is 8. The number of likely N-dealkylation sites (N-methyl/N-ethyl adjacent to an activating group) is 1. The number of ketones is 2. The van der Waals surface area contributed by atoms with E-state index in [-0.39, 0.29) is 44.3 Å². The van der Waals surface area contributed by atoms with Crippen LogP contribution < -0.4 is 4.74 Å². The summed E-state index contributed by atoms with van der Waals surface area (Å²) in [5, 5.41) is 45.3. The predicted molar refractivity (Wildman–Crippen MR) is 144 cm³/mol. The number of carbonyl (C=O) groups excluding carboxylic acids is 3. The van der Waals surface area contributed by atoms with Crippen LogP contribution in [-0.2, 0) is 15.1 Å². The Balaban J connectivity index is 1.65. The number of ether oxygens (including phenoxy) is 3. The number of hydrogen-bond acceptors (Lipinski definition) is 11. The Labute approximate surface area is 234 Å². The van der Waals surface area contributed by atoms with E-state index in [1.807, 2.05) is 0 Å². The van der Waals surface area contributed by atoms with Crippen LogP contribution in [0.5, 0.6) is 17.2 Å². The molecule has 3 aliphatic rings. The third kappa shape index (κ3) is 3.31. The van der Waals surface area contributed by atoms with Crippen molar-refractivity contribution in [2.24, 2.45) is 0 Å². The fourth-order valence-electron chi connectivity index (χ4n) is 6.59. The van der Waals surface area contributed by atoms with E-state index in [1.54, 1.807) is 38.9 Å². The van der Waals surface area contributed by atoms with Crippen molar-refractivity contribution in [1.29, 1.82) is 0 Å². The number of benzene rings is 3. The number of nitrogens with zero attached hydrogens (tertiary/aromatic N) is 1. The number of esters is 1. The summed E-state index contributed by atoms with van der Waals surface area (Å²) >= 11 is 0. The molecule has 214 valence electrons. The summed E-state index contributed by atoms with van der Waals surface area (Å²) in [5.41, 5.74) is -2.04. The lowest BCUT2D eigenvalue weighted by Gasteiger charge is -2.58. The molecular weight excluding hydrogens is 534 g/mol. The molecule has 2 aliphatic heterocycles. The van der Waals surface area contributed by atoms with Crippen LogP contribution in [0.25, 0.3) is 10.8 Å². The highest BCUT2D eigenvalue weighted by atomic mass is 16.7. The van der Waals surface area contributed by atoms with Crippen molar-refractivity contribution in [2.75, 3.05) is 21.2 Å². The summed E-state index contributed by atoms with van der Waals surface area (Å²) in [4.78, 5) is 42.4. The van der Waals surface area contributed by atoms with Gasteiger partial charge in [0.05, 0.1) is 35.4 Å². The summed E-state index contributed by atoms with van der Waals surface area (Å²) in [6.07, 6.45) is -2.71. The Kier molecular flexibility index (Phi) is 5.62. The van der Waals surface area contributed by atoms with Gasteiger partial charge in [-0.2, -0.15) is 0 Å². The fraction of sp³-hybridized carbons (Fsp3) is 0.367. The number of carbonyl (C=O) groups is 3. The molecule has 41 heavy (non-hydrogen) atoms. The maximum Gasteiger partial charge on any atom is 0.338 e. The molecule has 4 N–H and O–H groups in total. The van der Waals surface area contributed by atoms with Crippen LogP contribution in [0.3, 0.4) is 0 Å². The largest absolute Gasteiger partial charge is 0.507 e. The number of aryl methyl sites for hydroxylation is 1. The number of methoxy groups -OCH3 is 1. The first-order valence-corrected chi connectivity index (χ1v) is 13.0. The third-order valence-electron chi connectivity index (χ3n) is 8.68. The van der Waals surface area contributed by atoms with Gasteiger partial charge in [-0.1, -0.05) is 12.1 Å². The minimum absolute atomic E-state index is 0.109. The number of rotatable bonds is 2. The molecule has 0 saturated carbocycles. The van der Waals surface area contributed by atoms with Gasteiger partial charge in [-0.15, -0.1) is 0 Å². The molecule has 2 bridgehead atoms. The topological polar surface area (TPSA) is 163 Å². The van der Waals surface area contributed by atoms with Crippen LogP contribution in [0.1, 0.15) is 67.2 Å². The van der Waals surface area contributed by atoms with Crippen LogP contribution in [0, 0.1) is 6.92 Å². The summed E-state index contributed by atoms with van der Waals surface area (Å²) in [7, 11) is 4.56. The minimum Gasteiger partial charge on any atom is -0.507 e. The first kappa shape index (κ1) is 27.2. The zero-order valence-electron chi connectivity index (χ0n) is 23.2. The zero-order valence-corrected chi connectivity index (χ0v) is 23.2. The number of aliphatic hydroxyl groups is 2. The number of aliphatic hydroxyl groups excluding tert-OH is 2. The monoisotopic (exact) mass is 563 g/mol. The second-order valence-electron chi connectivity index (χ2n) is 11.3. The average molecular weight is 564 g/mol. The average Bonchev–Trinajstić information content (AvgIpc) is 2.90. The van der Waals surface area contributed by atoms with Gasteiger partial charge in [0.2, 0.25) is 11.6 Å². The maximum atomic E-state index is 14.2. The molecule has 1 saturated heterocycles. The van der Waals surface area contributed by atoms with Gasteiger partial charge in [-0.3, -0.25) is 9.59 Å². The standard InChI is InChI=1S/C30H29NO10/c1-11-7-8-12-13(17(11)28(38)39-6)9-14-18(22(12)33)24(35)19-16(32)10-15-25(20(19)23(14)34)40-30(3)27(37)21(31(4)5)26(36)29(15,2)41-30/h7-10,21,26-27,32-33,36-37H,1-6H3. The lowest BCUT2D eigenvalue weighted by molar-refractivity contribution is -0.363. The normalized spacial score (nSPS) is 28.2. The highest BCUT2D eigenvalue weighted by Gasteiger charge is 2.64. The van der Waals surface area contributed by atoms with E-state index >= 15 is 0 Å². The maximum absolute atomic E-state index is 14.2. The zero-order chi connectivity index (χ0) is 29.9. The van der Waals surface area contributed by atoms with Gasteiger partial charge in [-0.25, -0.2) is 4.79 Å². The number of hydrogen-bond donors (Lipinski definition) is 4. The molecule has 5 atom stereocenters. The number of phenolic OH excluding ortho intramolecular Hbond substituents is 2. The first-order chi connectivity index (χ1) is 19.2. The van der Waals surface area contributed by atoms with Gasteiger partial charge in [0.1, 0.15) is 35.1 Å². The molecule has 0 spiro atoms. The van der Waals surface area contributed by atoms with Gasteiger partial charge >= 0.3 is 5.97 Å². The molecule has 11 heteroatoms. The second-order valence-corrected chi connectivity index (χ2v) is 11.3. The summed E-state index contributed by atoms with van der Waals surface area (Å²) in [6.45, 7) is 4.69. The Morgan fingerprint density at radius 2 is 1.66 bits per heavy atom. The minimum atomic E-state index is -1.75. The molecule has 3 aromatic rings.